The van der Waals surface area contributed by atoms with Gasteiger partial charge < -0.3 is 14.7 Å². The van der Waals surface area contributed by atoms with Crippen molar-refractivity contribution in [2.45, 2.75) is 37.3 Å². The quantitative estimate of drug-likeness (QED) is 0.520. The predicted molar refractivity (Wildman–Crippen MR) is 137 cm³/mol. The second kappa shape index (κ2) is 11.2. The first-order valence-electron chi connectivity index (χ1n) is 11.5. The minimum absolute atomic E-state index is 0.0529. The van der Waals surface area contributed by atoms with E-state index in [2.05, 4.69) is 4.72 Å². The van der Waals surface area contributed by atoms with E-state index in [9.17, 15) is 26.7 Å². The van der Waals surface area contributed by atoms with Crippen molar-refractivity contribution in [1.82, 2.24) is 9.21 Å². The van der Waals surface area contributed by atoms with Crippen LogP contribution in [0, 0.1) is 5.92 Å². The van der Waals surface area contributed by atoms with E-state index < -0.39 is 32.2 Å². The van der Waals surface area contributed by atoms with Crippen molar-refractivity contribution in [2.75, 3.05) is 37.7 Å². The Labute approximate surface area is 213 Å². The third kappa shape index (κ3) is 6.75. The highest BCUT2D eigenvalue weighted by molar-refractivity contribution is 7.92. The molecule has 2 N–H and O–H groups in total. The van der Waals surface area contributed by atoms with Gasteiger partial charge in [0.2, 0.25) is 15.9 Å². The molecule has 3 atom stereocenters. The Morgan fingerprint density at radius 3 is 2.44 bits per heavy atom. The first-order chi connectivity index (χ1) is 16.8. The van der Waals surface area contributed by atoms with Crippen LogP contribution in [0.1, 0.15) is 19.4 Å². The lowest BCUT2D eigenvalue weighted by Gasteiger charge is -2.33. The van der Waals surface area contributed by atoms with Gasteiger partial charge in [-0.25, -0.2) is 21.1 Å². The number of aliphatic hydroxyl groups excluding tert-OH is 1. The van der Waals surface area contributed by atoms with Crippen LogP contribution in [0.2, 0.25) is 0 Å². The van der Waals surface area contributed by atoms with Gasteiger partial charge in [0.1, 0.15) is 11.9 Å². The number of nitrogens with one attached hydrogen (secondary N) is 1. The summed E-state index contributed by atoms with van der Waals surface area (Å²) in [5, 5.41) is 9.73. The fourth-order valence-corrected chi connectivity index (χ4v) is 5.40. The number of anilines is 1. The van der Waals surface area contributed by atoms with Gasteiger partial charge in [0, 0.05) is 30.8 Å². The largest absolute Gasteiger partial charge is 0.488 e. The molecule has 1 aliphatic rings. The van der Waals surface area contributed by atoms with Gasteiger partial charge in [0.25, 0.3) is 10.0 Å². The van der Waals surface area contributed by atoms with Crippen LogP contribution in [0.5, 0.6) is 5.75 Å². The lowest BCUT2D eigenvalue weighted by Crippen LogP contribution is -2.48. The molecule has 0 aliphatic carbocycles. The van der Waals surface area contributed by atoms with Crippen LogP contribution >= 0.6 is 0 Å². The summed E-state index contributed by atoms with van der Waals surface area (Å²) in [5.74, 6) is -0.161. The number of sulfonamides is 2. The second-order valence-electron chi connectivity index (χ2n) is 9.17. The maximum atomic E-state index is 13.2. The first kappa shape index (κ1) is 27.9. The zero-order chi connectivity index (χ0) is 26.7. The third-order valence-electron chi connectivity index (χ3n) is 6.23. The molecule has 0 fully saturated rings. The second-order valence-corrected chi connectivity index (χ2v) is 12.9. The molecule has 0 unspecified atom stereocenters. The molecule has 0 saturated carbocycles. The molecule has 198 valence electrons. The van der Waals surface area contributed by atoms with E-state index in [1.807, 2.05) is 6.92 Å². The fraction of sp³-hybridized carbons (Fsp3) is 0.458. The summed E-state index contributed by atoms with van der Waals surface area (Å²) in [6.07, 6.45) is 0.423. The minimum Gasteiger partial charge on any atom is -0.488 e. The summed E-state index contributed by atoms with van der Waals surface area (Å²) in [4.78, 5) is 14.9. The van der Waals surface area contributed by atoms with Gasteiger partial charge in [0.15, 0.2) is 0 Å². The van der Waals surface area contributed by atoms with Gasteiger partial charge >= 0.3 is 0 Å². The van der Waals surface area contributed by atoms with E-state index in [0.717, 1.165) is 6.26 Å². The highest BCUT2D eigenvalue weighted by atomic mass is 32.2. The lowest BCUT2D eigenvalue weighted by atomic mass is 10.0. The van der Waals surface area contributed by atoms with E-state index in [4.69, 9.17) is 4.74 Å². The number of hydrogen-bond donors (Lipinski definition) is 2. The molecular formula is C24H33N3O7S2. The topological polar surface area (TPSA) is 133 Å². The molecule has 10 nitrogen and oxygen atoms in total. The number of likely N-dealkylation sites (N-methyl/N-ethyl adjacent to an activating group) is 1. The molecule has 1 amide bonds. The number of carbonyl (C=O) groups excluding carboxylic acids is 1. The maximum absolute atomic E-state index is 13.2. The average Bonchev–Trinajstić information content (AvgIpc) is 2.86. The van der Waals surface area contributed by atoms with Crippen molar-refractivity contribution >= 4 is 31.6 Å². The van der Waals surface area contributed by atoms with E-state index in [1.165, 1.54) is 29.6 Å². The van der Waals surface area contributed by atoms with Crippen molar-refractivity contribution in [1.29, 1.82) is 0 Å². The number of amides is 1. The van der Waals surface area contributed by atoms with Crippen LogP contribution in [0.3, 0.4) is 0 Å². The smallest absolute Gasteiger partial charge is 0.261 e. The number of hydrogen-bond acceptors (Lipinski definition) is 7. The van der Waals surface area contributed by atoms with Crippen molar-refractivity contribution < 1.29 is 31.5 Å². The third-order valence-corrected chi connectivity index (χ3v) is 8.90. The number of fused-ring (bicyclic) bond motifs is 1. The molecule has 1 aliphatic heterocycles. The molecule has 0 aromatic heterocycles. The van der Waals surface area contributed by atoms with E-state index in [0.29, 0.717) is 11.3 Å². The summed E-state index contributed by atoms with van der Waals surface area (Å²) in [5.41, 5.74) is 0.706. The van der Waals surface area contributed by atoms with Gasteiger partial charge in [-0.05, 0) is 37.3 Å². The Morgan fingerprint density at radius 1 is 1.17 bits per heavy atom. The maximum Gasteiger partial charge on any atom is 0.261 e. The van der Waals surface area contributed by atoms with Gasteiger partial charge in [0.05, 0.1) is 36.8 Å². The van der Waals surface area contributed by atoms with Crippen molar-refractivity contribution in [3.8, 4) is 5.75 Å². The molecular weight excluding hydrogens is 506 g/mol. The Hall–Kier alpha value is -2.67. The number of carbonyl (C=O) groups is 1. The summed E-state index contributed by atoms with van der Waals surface area (Å²) >= 11 is 0. The molecule has 0 bridgehead atoms. The fourth-order valence-electron chi connectivity index (χ4n) is 3.91. The number of aliphatic hydroxyl groups is 1. The molecule has 3 rings (SSSR count). The standard InChI is InChI=1S/C24H33N3O7S2/c1-17-14-27(18(2)16-28)24(29)13-19-12-20(25-36(32,33)21-8-6-5-7-9-21)10-11-22(19)34-23(17)15-26(3)35(4,30)31/h5-12,17-18,23,25,28H,13-16H2,1-4H3/t17-,18+,23+/m1/s1. The highest BCUT2D eigenvalue weighted by Crippen LogP contribution is 2.30. The SMILES string of the molecule is C[C@@H]1CN([C@@H](C)CO)C(=O)Cc2cc(NS(=O)(=O)c3ccccc3)ccc2O[C@H]1CN(C)S(C)(=O)=O. The first-order valence-corrected chi connectivity index (χ1v) is 14.8. The normalized spacial score (nSPS) is 20.1. The summed E-state index contributed by atoms with van der Waals surface area (Å²) in [6, 6.07) is 12.1. The number of ether oxygens (including phenoxy) is 1. The van der Waals surface area contributed by atoms with E-state index in [1.54, 1.807) is 42.2 Å². The Morgan fingerprint density at radius 2 is 1.83 bits per heavy atom. The molecule has 0 saturated heterocycles. The van der Waals surface area contributed by atoms with Gasteiger partial charge in [-0.2, -0.15) is 0 Å². The van der Waals surface area contributed by atoms with Crippen LogP contribution in [0.25, 0.3) is 0 Å². The average molecular weight is 540 g/mol. The lowest BCUT2D eigenvalue weighted by molar-refractivity contribution is -0.134. The van der Waals surface area contributed by atoms with Gasteiger partial charge in [-0.15, -0.1) is 0 Å². The number of benzene rings is 2. The van der Waals surface area contributed by atoms with Crippen molar-refractivity contribution in [2.24, 2.45) is 5.92 Å². The van der Waals surface area contributed by atoms with Crippen molar-refractivity contribution in [3.63, 3.8) is 0 Å². The predicted octanol–water partition coefficient (Wildman–Crippen LogP) is 1.53. The van der Waals surface area contributed by atoms with Crippen LogP contribution in [0.15, 0.2) is 53.4 Å². The van der Waals surface area contributed by atoms with E-state index >= 15 is 0 Å². The molecule has 0 spiro atoms. The Balaban J connectivity index is 2.00. The van der Waals surface area contributed by atoms with Gasteiger partial charge in [-0.1, -0.05) is 25.1 Å². The van der Waals surface area contributed by atoms with Gasteiger partial charge in [-0.3, -0.25) is 9.52 Å². The molecule has 2 aromatic rings. The molecule has 1 heterocycles. The van der Waals surface area contributed by atoms with Crippen molar-refractivity contribution in [3.05, 3.63) is 54.1 Å². The Bertz CT molecular complexity index is 1280. The molecule has 12 heteroatoms. The zero-order valence-corrected chi connectivity index (χ0v) is 22.4. The summed E-state index contributed by atoms with van der Waals surface area (Å²) < 4.78 is 59.7. The van der Waals surface area contributed by atoms with Crippen LogP contribution < -0.4 is 9.46 Å². The van der Waals surface area contributed by atoms with Crippen LogP contribution in [-0.2, 0) is 31.3 Å². The molecule has 36 heavy (non-hydrogen) atoms. The highest BCUT2D eigenvalue weighted by Gasteiger charge is 2.32. The molecule has 2 aromatic carbocycles. The number of rotatable bonds is 8. The minimum atomic E-state index is -3.85. The zero-order valence-electron chi connectivity index (χ0n) is 20.8. The van der Waals surface area contributed by atoms with E-state index in [-0.39, 0.29) is 48.5 Å². The monoisotopic (exact) mass is 539 g/mol. The summed E-state index contributed by atoms with van der Waals surface area (Å²) in [6.45, 7) is 3.66. The Kier molecular flexibility index (Phi) is 8.65. The van der Waals surface area contributed by atoms with Crippen LogP contribution in [-0.4, -0.2) is 82.2 Å². The molecule has 0 radical (unpaired) electrons. The van der Waals surface area contributed by atoms with Crippen LogP contribution in [0.4, 0.5) is 5.69 Å². The summed E-state index contributed by atoms with van der Waals surface area (Å²) in [7, 11) is -5.87. The number of nitrogens with zero attached hydrogens (tertiary/aromatic N) is 2.